The second-order valence-electron chi connectivity index (χ2n) is 5.37. The molecule has 1 fully saturated rings. The molecule has 0 radical (unpaired) electrons. The maximum absolute atomic E-state index is 5.24. The molecule has 14 heavy (non-hydrogen) atoms. The molecular formula is C11H22N2S. The van der Waals surface area contributed by atoms with Crippen LogP contribution in [-0.4, -0.2) is 17.7 Å². The lowest BCUT2D eigenvalue weighted by molar-refractivity contribution is 0.406. The van der Waals surface area contributed by atoms with Crippen molar-refractivity contribution in [2.45, 2.75) is 52.5 Å². The highest BCUT2D eigenvalue weighted by Crippen LogP contribution is 2.17. The van der Waals surface area contributed by atoms with Crippen LogP contribution < -0.4 is 10.6 Å². The number of rotatable bonds is 2. The van der Waals surface area contributed by atoms with Crippen LogP contribution in [0.25, 0.3) is 0 Å². The van der Waals surface area contributed by atoms with Crippen LogP contribution in [-0.2, 0) is 0 Å². The van der Waals surface area contributed by atoms with Crippen molar-refractivity contribution < 1.29 is 0 Å². The molecule has 3 heteroatoms. The largest absolute Gasteiger partial charge is 0.362 e. The van der Waals surface area contributed by atoms with Crippen molar-refractivity contribution in [2.75, 3.05) is 6.54 Å². The number of hydrogen-bond acceptors (Lipinski definition) is 1. The van der Waals surface area contributed by atoms with Gasteiger partial charge in [-0.3, -0.25) is 0 Å². The van der Waals surface area contributed by atoms with Gasteiger partial charge in [0.15, 0.2) is 5.11 Å². The summed E-state index contributed by atoms with van der Waals surface area (Å²) >= 11 is 5.24. The molecule has 0 spiro atoms. The van der Waals surface area contributed by atoms with Gasteiger partial charge in [-0.15, -0.1) is 0 Å². The van der Waals surface area contributed by atoms with Gasteiger partial charge in [-0.05, 0) is 30.5 Å². The topological polar surface area (TPSA) is 24.1 Å². The Morgan fingerprint density at radius 1 is 1.29 bits per heavy atom. The predicted octanol–water partition coefficient (Wildman–Crippen LogP) is 2.44. The third kappa shape index (κ3) is 4.80. The SMILES string of the molecule is CC(C)(C)CNC(=S)NC1CCCC1. The van der Waals surface area contributed by atoms with E-state index in [1.54, 1.807) is 0 Å². The summed E-state index contributed by atoms with van der Waals surface area (Å²) in [5.41, 5.74) is 0.293. The Kier molecular flexibility index (Phi) is 4.17. The fourth-order valence-electron chi connectivity index (χ4n) is 1.65. The van der Waals surface area contributed by atoms with E-state index in [4.69, 9.17) is 12.2 Å². The van der Waals surface area contributed by atoms with E-state index in [2.05, 4.69) is 31.4 Å². The van der Waals surface area contributed by atoms with Crippen molar-refractivity contribution >= 4 is 17.3 Å². The summed E-state index contributed by atoms with van der Waals surface area (Å²) in [5, 5.41) is 7.47. The molecule has 1 aliphatic rings. The van der Waals surface area contributed by atoms with Gasteiger partial charge >= 0.3 is 0 Å². The minimum Gasteiger partial charge on any atom is -0.362 e. The van der Waals surface area contributed by atoms with E-state index in [-0.39, 0.29) is 0 Å². The Morgan fingerprint density at radius 2 is 1.86 bits per heavy atom. The van der Waals surface area contributed by atoms with Crippen LogP contribution in [0.15, 0.2) is 0 Å². The van der Waals surface area contributed by atoms with Gasteiger partial charge in [0.2, 0.25) is 0 Å². The molecule has 1 rings (SSSR count). The highest BCUT2D eigenvalue weighted by molar-refractivity contribution is 7.80. The molecule has 0 aromatic carbocycles. The van der Waals surface area contributed by atoms with Gasteiger partial charge < -0.3 is 10.6 Å². The Hall–Kier alpha value is -0.310. The molecule has 0 unspecified atom stereocenters. The molecule has 0 atom stereocenters. The highest BCUT2D eigenvalue weighted by atomic mass is 32.1. The molecule has 0 amide bonds. The van der Waals surface area contributed by atoms with E-state index >= 15 is 0 Å². The van der Waals surface area contributed by atoms with Crippen LogP contribution >= 0.6 is 12.2 Å². The first kappa shape index (κ1) is 11.8. The summed E-state index contributed by atoms with van der Waals surface area (Å²) in [7, 11) is 0. The molecule has 0 aromatic heterocycles. The molecule has 0 aliphatic heterocycles. The lowest BCUT2D eigenvalue weighted by Crippen LogP contribution is -2.43. The maximum Gasteiger partial charge on any atom is 0.166 e. The molecule has 2 nitrogen and oxygen atoms in total. The van der Waals surface area contributed by atoms with Crippen LogP contribution in [0.1, 0.15) is 46.5 Å². The first-order chi connectivity index (χ1) is 6.47. The predicted molar refractivity (Wildman–Crippen MR) is 65.4 cm³/mol. The Bertz CT molecular complexity index is 190. The van der Waals surface area contributed by atoms with Crippen LogP contribution in [0, 0.1) is 5.41 Å². The third-order valence-electron chi connectivity index (χ3n) is 2.47. The van der Waals surface area contributed by atoms with E-state index in [1.807, 2.05) is 0 Å². The first-order valence-corrected chi connectivity index (χ1v) is 5.92. The summed E-state index contributed by atoms with van der Waals surface area (Å²) in [4.78, 5) is 0. The van der Waals surface area contributed by atoms with E-state index in [0.717, 1.165) is 11.7 Å². The normalized spacial score (nSPS) is 18.2. The lowest BCUT2D eigenvalue weighted by Gasteiger charge is -2.22. The van der Waals surface area contributed by atoms with Gasteiger partial charge in [-0.1, -0.05) is 33.6 Å². The number of thiocarbonyl (C=S) groups is 1. The van der Waals surface area contributed by atoms with E-state index in [9.17, 15) is 0 Å². The van der Waals surface area contributed by atoms with Crippen molar-refractivity contribution in [1.29, 1.82) is 0 Å². The second kappa shape index (κ2) is 4.96. The summed E-state index contributed by atoms with van der Waals surface area (Å²) in [6.07, 6.45) is 5.24. The Labute approximate surface area is 92.8 Å². The zero-order chi connectivity index (χ0) is 10.6. The van der Waals surface area contributed by atoms with E-state index < -0.39 is 0 Å². The summed E-state index contributed by atoms with van der Waals surface area (Å²) < 4.78 is 0. The maximum atomic E-state index is 5.24. The van der Waals surface area contributed by atoms with Crippen molar-refractivity contribution in [3.63, 3.8) is 0 Å². The average molecular weight is 214 g/mol. The zero-order valence-electron chi connectivity index (χ0n) is 9.52. The molecule has 82 valence electrons. The Balaban J connectivity index is 2.15. The molecule has 0 aromatic rings. The Morgan fingerprint density at radius 3 is 2.36 bits per heavy atom. The van der Waals surface area contributed by atoms with Crippen LogP contribution in [0.4, 0.5) is 0 Å². The van der Waals surface area contributed by atoms with Crippen LogP contribution in [0.3, 0.4) is 0 Å². The highest BCUT2D eigenvalue weighted by Gasteiger charge is 2.16. The summed E-state index contributed by atoms with van der Waals surface area (Å²) in [6, 6.07) is 0.620. The molecule has 1 saturated carbocycles. The standard InChI is InChI=1S/C11H22N2S/c1-11(2,3)8-12-10(14)13-9-6-4-5-7-9/h9H,4-8H2,1-3H3,(H2,12,13,14). The fourth-order valence-corrected chi connectivity index (χ4v) is 1.89. The van der Waals surface area contributed by atoms with E-state index in [0.29, 0.717) is 11.5 Å². The minimum absolute atomic E-state index is 0.293. The van der Waals surface area contributed by atoms with Crippen LogP contribution in [0.2, 0.25) is 0 Å². The molecular weight excluding hydrogens is 192 g/mol. The molecule has 0 saturated heterocycles. The third-order valence-corrected chi connectivity index (χ3v) is 2.73. The van der Waals surface area contributed by atoms with Crippen molar-refractivity contribution in [1.82, 2.24) is 10.6 Å². The van der Waals surface area contributed by atoms with E-state index in [1.165, 1.54) is 25.7 Å². The monoisotopic (exact) mass is 214 g/mol. The molecule has 2 N–H and O–H groups in total. The average Bonchev–Trinajstić information content (AvgIpc) is 2.52. The van der Waals surface area contributed by atoms with Gasteiger partial charge in [-0.2, -0.15) is 0 Å². The smallest absolute Gasteiger partial charge is 0.166 e. The molecule has 0 heterocycles. The quantitative estimate of drug-likeness (QED) is 0.690. The molecule has 0 bridgehead atoms. The van der Waals surface area contributed by atoms with Crippen molar-refractivity contribution in [3.8, 4) is 0 Å². The summed E-state index contributed by atoms with van der Waals surface area (Å²) in [5.74, 6) is 0. The minimum atomic E-state index is 0.293. The van der Waals surface area contributed by atoms with Gasteiger partial charge in [0.05, 0.1) is 0 Å². The van der Waals surface area contributed by atoms with Gasteiger partial charge in [0, 0.05) is 12.6 Å². The first-order valence-electron chi connectivity index (χ1n) is 5.52. The van der Waals surface area contributed by atoms with Crippen LogP contribution in [0.5, 0.6) is 0 Å². The van der Waals surface area contributed by atoms with Crippen molar-refractivity contribution in [2.24, 2.45) is 5.41 Å². The number of hydrogen-bond donors (Lipinski definition) is 2. The second-order valence-corrected chi connectivity index (χ2v) is 5.78. The zero-order valence-corrected chi connectivity index (χ0v) is 10.3. The summed E-state index contributed by atoms with van der Waals surface area (Å²) in [6.45, 7) is 7.56. The fraction of sp³-hybridized carbons (Fsp3) is 0.909. The number of nitrogens with one attached hydrogen (secondary N) is 2. The van der Waals surface area contributed by atoms with Gasteiger partial charge in [-0.25, -0.2) is 0 Å². The van der Waals surface area contributed by atoms with Crippen molar-refractivity contribution in [3.05, 3.63) is 0 Å². The molecule has 1 aliphatic carbocycles. The lowest BCUT2D eigenvalue weighted by atomic mass is 9.97. The van der Waals surface area contributed by atoms with Gasteiger partial charge in [0.25, 0.3) is 0 Å². The van der Waals surface area contributed by atoms with Gasteiger partial charge in [0.1, 0.15) is 0 Å².